The molecule has 6 heteroatoms. The Balaban J connectivity index is 1.86. The Morgan fingerprint density at radius 2 is 1.83 bits per heavy atom. The van der Waals surface area contributed by atoms with Crippen molar-refractivity contribution < 1.29 is 4.79 Å². The van der Waals surface area contributed by atoms with Crippen molar-refractivity contribution in [2.75, 3.05) is 12.4 Å². The first-order valence-electron chi connectivity index (χ1n) is 7.52. The number of nitrogens with zero attached hydrogens (tertiary/aromatic N) is 2. The number of carbonyl (C=O) groups excluding carboxylic acids is 1. The Hall–Kier alpha value is -2.73. The summed E-state index contributed by atoms with van der Waals surface area (Å²) in [4.78, 5) is 11.0. The Morgan fingerprint density at radius 1 is 1.17 bits per heavy atom. The predicted molar refractivity (Wildman–Crippen MR) is 102 cm³/mol. The highest BCUT2D eigenvalue weighted by molar-refractivity contribution is 7.80. The fourth-order valence-corrected chi connectivity index (χ4v) is 2.07. The number of anilines is 1. The molecule has 0 spiro atoms. The van der Waals surface area contributed by atoms with Gasteiger partial charge in [0.1, 0.15) is 0 Å². The molecule has 0 aliphatic carbocycles. The van der Waals surface area contributed by atoms with Crippen LogP contribution in [0.2, 0.25) is 0 Å². The largest absolute Gasteiger partial charge is 0.357 e. The lowest BCUT2D eigenvalue weighted by Gasteiger charge is -2.15. The lowest BCUT2D eigenvalue weighted by atomic mass is 10.2. The van der Waals surface area contributed by atoms with E-state index in [9.17, 15) is 4.79 Å². The number of benzene rings is 2. The molecule has 2 aromatic carbocycles. The van der Waals surface area contributed by atoms with E-state index in [0.29, 0.717) is 11.7 Å². The van der Waals surface area contributed by atoms with E-state index in [1.54, 1.807) is 18.3 Å². The topological polar surface area (TPSA) is 56.7 Å². The Kier molecular flexibility index (Phi) is 6.45. The summed E-state index contributed by atoms with van der Waals surface area (Å²) in [5, 5.41) is 12.4. The number of nitrogens with one attached hydrogen (secondary N) is 2. The lowest BCUT2D eigenvalue weighted by Crippen LogP contribution is -2.33. The van der Waals surface area contributed by atoms with Crippen LogP contribution in [0.25, 0.3) is 0 Å². The van der Waals surface area contributed by atoms with E-state index < -0.39 is 0 Å². The Morgan fingerprint density at radius 3 is 2.46 bits per heavy atom. The summed E-state index contributed by atoms with van der Waals surface area (Å²) in [6.07, 6.45) is 1.72. The molecule has 1 amide bonds. The van der Waals surface area contributed by atoms with E-state index in [2.05, 4.69) is 15.7 Å². The number of thiocarbonyl (C=S) groups is 1. The average Bonchev–Trinajstić information content (AvgIpc) is 2.59. The van der Waals surface area contributed by atoms with E-state index in [1.165, 1.54) is 6.92 Å². The third-order valence-corrected chi connectivity index (χ3v) is 3.60. The second kappa shape index (κ2) is 8.79. The molecule has 2 N–H and O–H groups in total. The van der Waals surface area contributed by atoms with Crippen molar-refractivity contribution >= 4 is 35.1 Å². The standard InChI is InChI=1S/C18H20N4OS/c1-14(23)21-17-10-8-16(9-11-17)13-20-22(2)18(24)19-12-15-6-4-3-5-7-15/h3-11,13H,12H2,1-2H3,(H,19,24)(H,21,23)/b20-13-. The molecule has 0 unspecified atom stereocenters. The van der Waals surface area contributed by atoms with Crippen molar-refractivity contribution in [2.45, 2.75) is 13.5 Å². The molecule has 124 valence electrons. The maximum atomic E-state index is 11.0. The third kappa shape index (κ3) is 5.81. The highest BCUT2D eigenvalue weighted by atomic mass is 32.1. The van der Waals surface area contributed by atoms with Crippen molar-refractivity contribution in [3.05, 3.63) is 65.7 Å². The zero-order valence-corrected chi connectivity index (χ0v) is 14.5. The fourth-order valence-electron chi connectivity index (χ4n) is 1.95. The van der Waals surface area contributed by atoms with Crippen molar-refractivity contribution in [1.82, 2.24) is 10.3 Å². The first kappa shape index (κ1) is 17.6. The molecule has 0 aliphatic heterocycles. The molecule has 0 atom stereocenters. The zero-order chi connectivity index (χ0) is 17.4. The molecule has 0 saturated carbocycles. The summed E-state index contributed by atoms with van der Waals surface area (Å²) >= 11 is 5.31. The molecule has 5 nitrogen and oxygen atoms in total. The van der Waals surface area contributed by atoms with Gasteiger partial charge in [-0.15, -0.1) is 0 Å². The molecular formula is C18H20N4OS. The summed E-state index contributed by atoms with van der Waals surface area (Å²) < 4.78 is 0. The quantitative estimate of drug-likeness (QED) is 0.499. The van der Waals surface area contributed by atoms with Gasteiger partial charge >= 0.3 is 0 Å². The first-order valence-corrected chi connectivity index (χ1v) is 7.92. The number of carbonyl (C=O) groups is 1. The normalized spacial score (nSPS) is 10.4. The van der Waals surface area contributed by atoms with Crippen molar-refractivity contribution in [3.8, 4) is 0 Å². The zero-order valence-electron chi connectivity index (χ0n) is 13.7. The summed E-state index contributed by atoms with van der Waals surface area (Å²) in [5.74, 6) is -0.0917. The summed E-state index contributed by atoms with van der Waals surface area (Å²) in [7, 11) is 1.79. The van der Waals surface area contributed by atoms with E-state index in [0.717, 1.165) is 16.8 Å². The van der Waals surface area contributed by atoms with Crippen LogP contribution in [0.4, 0.5) is 5.69 Å². The lowest BCUT2D eigenvalue weighted by molar-refractivity contribution is -0.114. The minimum atomic E-state index is -0.0917. The number of hydrazone groups is 1. The van der Waals surface area contributed by atoms with Gasteiger partial charge in [0.2, 0.25) is 5.91 Å². The van der Waals surface area contributed by atoms with E-state index >= 15 is 0 Å². The van der Waals surface area contributed by atoms with Gasteiger partial charge in [-0.2, -0.15) is 5.10 Å². The molecule has 0 aliphatic rings. The maximum Gasteiger partial charge on any atom is 0.221 e. The number of hydrogen-bond acceptors (Lipinski definition) is 3. The van der Waals surface area contributed by atoms with Gasteiger partial charge in [-0.25, -0.2) is 5.01 Å². The van der Waals surface area contributed by atoms with E-state index in [1.807, 2.05) is 54.6 Å². The van der Waals surface area contributed by atoms with E-state index in [-0.39, 0.29) is 5.91 Å². The Bertz CT molecular complexity index is 714. The van der Waals surface area contributed by atoms with Crippen LogP contribution in [0.5, 0.6) is 0 Å². The molecular weight excluding hydrogens is 320 g/mol. The Labute approximate surface area is 147 Å². The van der Waals surface area contributed by atoms with Gasteiger partial charge in [0.25, 0.3) is 0 Å². The molecule has 0 heterocycles. The average molecular weight is 340 g/mol. The van der Waals surface area contributed by atoms with Gasteiger partial charge in [0.05, 0.1) is 6.21 Å². The monoisotopic (exact) mass is 340 g/mol. The van der Waals surface area contributed by atoms with Crippen LogP contribution < -0.4 is 10.6 Å². The van der Waals surface area contributed by atoms with Gasteiger partial charge in [-0.05, 0) is 35.5 Å². The van der Waals surface area contributed by atoms with Crippen LogP contribution in [-0.2, 0) is 11.3 Å². The van der Waals surface area contributed by atoms with Crippen LogP contribution in [0.1, 0.15) is 18.1 Å². The van der Waals surface area contributed by atoms with Crippen LogP contribution in [-0.4, -0.2) is 29.3 Å². The number of hydrogen-bond donors (Lipinski definition) is 2. The van der Waals surface area contributed by atoms with Crippen LogP contribution in [0, 0.1) is 0 Å². The minimum absolute atomic E-state index is 0.0917. The molecule has 0 fully saturated rings. The highest BCUT2D eigenvalue weighted by Crippen LogP contribution is 2.08. The fraction of sp³-hybridized carbons (Fsp3) is 0.167. The third-order valence-electron chi connectivity index (χ3n) is 3.19. The van der Waals surface area contributed by atoms with Gasteiger partial charge in [0, 0.05) is 26.2 Å². The van der Waals surface area contributed by atoms with Gasteiger partial charge in [-0.1, -0.05) is 42.5 Å². The van der Waals surface area contributed by atoms with Gasteiger partial charge < -0.3 is 10.6 Å². The SMILES string of the molecule is CC(=O)Nc1ccc(/C=N\N(C)C(=S)NCc2ccccc2)cc1. The molecule has 2 aromatic rings. The minimum Gasteiger partial charge on any atom is -0.357 e. The van der Waals surface area contributed by atoms with Crippen LogP contribution in [0.15, 0.2) is 59.7 Å². The second-order valence-corrected chi connectivity index (χ2v) is 5.60. The van der Waals surface area contributed by atoms with Gasteiger partial charge in [0.15, 0.2) is 5.11 Å². The molecule has 0 bridgehead atoms. The van der Waals surface area contributed by atoms with Crippen LogP contribution >= 0.6 is 12.2 Å². The smallest absolute Gasteiger partial charge is 0.221 e. The van der Waals surface area contributed by atoms with Crippen molar-refractivity contribution in [1.29, 1.82) is 0 Å². The van der Waals surface area contributed by atoms with E-state index in [4.69, 9.17) is 12.2 Å². The molecule has 24 heavy (non-hydrogen) atoms. The summed E-state index contributed by atoms with van der Waals surface area (Å²) in [6.45, 7) is 2.14. The van der Waals surface area contributed by atoms with Crippen LogP contribution in [0.3, 0.4) is 0 Å². The second-order valence-electron chi connectivity index (χ2n) is 5.22. The number of rotatable bonds is 5. The summed E-state index contributed by atoms with van der Waals surface area (Å²) in [5.41, 5.74) is 2.83. The maximum absolute atomic E-state index is 11.0. The summed E-state index contributed by atoms with van der Waals surface area (Å²) in [6, 6.07) is 17.5. The molecule has 0 saturated heterocycles. The molecule has 0 aromatic heterocycles. The highest BCUT2D eigenvalue weighted by Gasteiger charge is 2.01. The first-order chi connectivity index (χ1) is 11.5. The predicted octanol–water partition coefficient (Wildman–Crippen LogP) is 2.99. The van der Waals surface area contributed by atoms with Gasteiger partial charge in [-0.3, -0.25) is 4.79 Å². The molecule has 0 radical (unpaired) electrons. The van der Waals surface area contributed by atoms with Crippen molar-refractivity contribution in [2.24, 2.45) is 5.10 Å². The molecule has 2 rings (SSSR count). The number of amides is 1. The van der Waals surface area contributed by atoms with Crippen molar-refractivity contribution in [3.63, 3.8) is 0 Å².